The molecule has 0 spiro atoms. The third-order valence-electron chi connectivity index (χ3n) is 2.55. The zero-order chi connectivity index (χ0) is 14.4. The number of hydrogen-bond acceptors (Lipinski definition) is 5. The summed E-state index contributed by atoms with van der Waals surface area (Å²) in [5, 5.41) is 3.13. The second-order valence-electron chi connectivity index (χ2n) is 4.04. The number of rotatable bonds is 6. The minimum atomic E-state index is -0.322. The summed E-state index contributed by atoms with van der Waals surface area (Å²) >= 11 is 0. The van der Waals surface area contributed by atoms with Gasteiger partial charge >= 0.3 is 0 Å². The lowest BCUT2D eigenvalue weighted by atomic mass is 10.3. The molecule has 0 radical (unpaired) electrons. The van der Waals surface area contributed by atoms with Crippen LogP contribution in [0, 0.1) is 5.82 Å². The number of nitrogens with one attached hydrogen (secondary N) is 1. The van der Waals surface area contributed by atoms with Crippen LogP contribution in [0.15, 0.2) is 30.6 Å². The highest BCUT2D eigenvalue weighted by atomic mass is 19.1. The average molecular weight is 277 g/mol. The maximum absolute atomic E-state index is 12.9. The topological polar surface area (TPSA) is 56.3 Å². The van der Waals surface area contributed by atoms with Crippen molar-refractivity contribution in [2.75, 3.05) is 19.0 Å². The number of anilines is 1. The van der Waals surface area contributed by atoms with Gasteiger partial charge in [0.1, 0.15) is 17.9 Å². The van der Waals surface area contributed by atoms with Crippen molar-refractivity contribution in [3.8, 4) is 17.4 Å². The highest BCUT2D eigenvalue weighted by Gasteiger charge is 2.13. The van der Waals surface area contributed by atoms with Crippen LogP contribution >= 0.6 is 0 Å². The number of ether oxygens (including phenoxy) is 2. The molecule has 5 nitrogen and oxygen atoms in total. The smallest absolute Gasteiger partial charge is 0.268 e. The van der Waals surface area contributed by atoms with E-state index in [0.29, 0.717) is 17.3 Å². The first kappa shape index (κ1) is 14.0. The molecule has 1 aromatic heterocycles. The molecule has 0 atom stereocenters. The second kappa shape index (κ2) is 6.70. The lowest BCUT2D eigenvalue weighted by Gasteiger charge is -2.12. The fourth-order valence-corrected chi connectivity index (χ4v) is 1.60. The predicted octanol–water partition coefficient (Wildman–Crippen LogP) is 3.24. The van der Waals surface area contributed by atoms with Gasteiger partial charge in [0.2, 0.25) is 5.75 Å². The molecule has 106 valence electrons. The van der Waals surface area contributed by atoms with E-state index in [4.69, 9.17) is 9.47 Å². The Morgan fingerprint density at radius 1 is 1.20 bits per heavy atom. The molecule has 0 fully saturated rings. The molecule has 1 aromatic carbocycles. The zero-order valence-corrected chi connectivity index (χ0v) is 11.4. The molecule has 0 bridgehead atoms. The Balaban J connectivity index is 2.24. The fourth-order valence-electron chi connectivity index (χ4n) is 1.60. The molecule has 0 saturated carbocycles. The Hall–Kier alpha value is -2.37. The summed E-state index contributed by atoms with van der Waals surface area (Å²) in [5.74, 6) is 1.43. The first-order chi connectivity index (χ1) is 9.74. The van der Waals surface area contributed by atoms with Crippen LogP contribution in [-0.4, -0.2) is 23.6 Å². The van der Waals surface area contributed by atoms with E-state index in [1.165, 1.54) is 37.7 Å². The Kier molecular flexibility index (Phi) is 4.70. The van der Waals surface area contributed by atoms with E-state index < -0.39 is 0 Å². The first-order valence-corrected chi connectivity index (χ1v) is 6.31. The fraction of sp³-hybridized carbons (Fsp3) is 0.286. The van der Waals surface area contributed by atoms with Crippen molar-refractivity contribution in [2.24, 2.45) is 0 Å². The molecular weight excluding hydrogens is 261 g/mol. The Bertz CT molecular complexity index is 561. The van der Waals surface area contributed by atoms with E-state index in [9.17, 15) is 4.39 Å². The monoisotopic (exact) mass is 277 g/mol. The summed E-state index contributed by atoms with van der Waals surface area (Å²) in [6, 6.07) is 5.69. The van der Waals surface area contributed by atoms with Crippen LogP contribution in [0.4, 0.5) is 10.2 Å². The maximum atomic E-state index is 12.9. The van der Waals surface area contributed by atoms with Crippen LogP contribution in [0.2, 0.25) is 0 Å². The van der Waals surface area contributed by atoms with E-state index in [0.717, 1.165) is 13.0 Å². The van der Waals surface area contributed by atoms with Gasteiger partial charge in [-0.25, -0.2) is 9.37 Å². The van der Waals surface area contributed by atoms with Crippen molar-refractivity contribution >= 4 is 5.82 Å². The molecular formula is C14H16FN3O2. The number of aromatic nitrogens is 2. The number of hydrogen-bond donors (Lipinski definition) is 1. The van der Waals surface area contributed by atoms with E-state index in [2.05, 4.69) is 22.2 Å². The third-order valence-corrected chi connectivity index (χ3v) is 2.55. The molecule has 2 aromatic rings. The zero-order valence-electron chi connectivity index (χ0n) is 11.4. The van der Waals surface area contributed by atoms with Crippen LogP contribution in [0.1, 0.15) is 13.3 Å². The molecule has 0 amide bonds. The van der Waals surface area contributed by atoms with Crippen LogP contribution in [0.25, 0.3) is 0 Å². The van der Waals surface area contributed by atoms with Gasteiger partial charge in [-0.3, -0.25) is 0 Å². The van der Waals surface area contributed by atoms with Crippen molar-refractivity contribution in [1.29, 1.82) is 0 Å². The lowest BCUT2D eigenvalue weighted by molar-refractivity contribution is 0.368. The molecule has 20 heavy (non-hydrogen) atoms. The molecule has 1 N–H and O–H groups in total. The van der Waals surface area contributed by atoms with Crippen molar-refractivity contribution in [1.82, 2.24) is 9.97 Å². The molecule has 1 heterocycles. The largest absolute Gasteiger partial charge is 0.489 e. The second-order valence-corrected chi connectivity index (χ2v) is 4.04. The molecule has 6 heteroatoms. The summed E-state index contributed by atoms with van der Waals surface area (Å²) in [4.78, 5) is 8.16. The van der Waals surface area contributed by atoms with Crippen molar-refractivity contribution in [2.45, 2.75) is 13.3 Å². The number of halogens is 1. The van der Waals surface area contributed by atoms with E-state index in [1.807, 2.05) is 0 Å². The van der Waals surface area contributed by atoms with Gasteiger partial charge in [-0.1, -0.05) is 6.92 Å². The van der Waals surface area contributed by atoms with E-state index in [-0.39, 0.29) is 11.7 Å². The molecule has 0 unspecified atom stereocenters. The predicted molar refractivity (Wildman–Crippen MR) is 73.8 cm³/mol. The lowest BCUT2D eigenvalue weighted by Crippen LogP contribution is -2.05. The highest BCUT2D eigenvalue weighted by molar-refractivity contribution is 5.55. The van der Waals surface area contributed by atoms with Gasteiger partial charge in [0.25, 0.3) is 5.88 Å². The minimum absolute atomic E-state index is 0.285. The highest BCUT2D eigenvalue weighted by Crippen LogP contribution is 2.34. The summed E-state index contributed by atoms with van der Waals surface area (Å²) < 4.78 is 23.7. The number of methoxy groups -OCH3 is 1. The van der Waals surface area contributed by atoms with Crippen molar-refractivity contribution < 1.29 is 13.9 Å². The third kappa shape index (κ3) is 3.34. The maximum Gasteiger partial charge on any atom is 0.268 e. The molecule has 0 aliphatic heterocycles. The van der Waals surface area contributed by atoms with Crippen molar-refractivity contribution in [3.63, 3.8) is 0 Å². The van der Waals surface area contributed by atoms with Crippen LogP contribution < -0.4 is 14.8 Å². The van der Waals surface area contributed by atoms with Gasteiger partial charge in [-0.15, -0.1) is 0 Å². The quantitative estimate of drug-likeness (QED) is 0.878. The first-order valence-electron chi connectivity index (χ1n) is 6.31. The van der Waals surface area contributed by atoms with E-state index in [1.54, 1.807) is 0 Å². The van der Waals surface area contributed by atoms with Gasteiger partial charge in [-0.2, -0.15) is 4.98 Å². The SMILES string of the molecule is CCCNc1ncnc(Oc2ccc(F)cc2)c1OC. The number of benzene rings is 1. The molecule has 0 aliphatic rings. The summed E-state index contributed by atoms with van der Waals surface area (Å²) in [6.07, 6.45) is 2.35. The summed E-state index contributed by atoms with van der Waals surface area (Å²) in [6.45, 7) is 2.82. The normalized spacial score (nSPS) is 10.2. The standard InChI is InChI=1S/C14H16FN3O2/c1-3-8-16-13-12(19-2)14(18-9-17-13)20-11-6-4-10(15)5-7-11/h4-7,9H,3,8H2,1-2H3,(H,16,17,18). The van der Waals surface area contributed by atoms with Gasteiger partial charge in [-0.05, 0) is 30.7 Å². The van der Waals surface area contributed by atoms with Crippen molar-refractivity contribution in [3.05, 3.63) is 36.4 Å². The molecule has 0 saturated heterocycles. The average Bonchev–Trinajstić information content (AvgIpc) is 2.47. The molecule has 2 rings (SSSR count). The Morgan fingerprint density at radius 3 is 2.60 bits per heavy atom. The Labute approximate surface area is 116 Å². The van der Waals surface area contributed by atoms with Gasteiger partial charge in [0.15, 0.2) is 5.82 Å². The summed E-state index contributed by atoms with van der Waals surface area (Å²) in [5.41, 5.74) is 0. The molecule has 0 aliphatic carbocycles. The van der Waals surface area contributed by atoms with E-state index >= 15 is 0 Å². The van der Waals surface area contributed by atoms with Gasteiger partial charge < -0.3 is 14.8 Å². The van der Waals surface area contributed by atoms with Crippen LogP contribution in [-0.2, 0) is 0 Å². The van der Waals surface area contributed by atoms with Crippen LogP contribution in [0.5, 0.6) is 17.4 Å². The summed E-state index contributed by atoms with van der Waals surface area (Å²) in [7, 11) is 1.52. The Morgan fingerprint density at radius 2 is 1.95 bits per heavy atom. The van der Waals surface area contributed by atoms with Crippen LogP contribution in [0.3, 0.4) is 0 Å². The van der Waals surface area contributed by atoms with Gasteiger partial charge in [0.05, 0.1) is 7.11 Å². The number of nitrogens with zero attached hydrogens (tertiary/aromatic N) is 2. The minimum Gasteiger partial charge on any atom is -0.489 e. The van der Waals surface area contributed by atoms with Gasteiger partial charge in [0, 0.05) is 6.54 Å².